The molecule has 0 bridgehead atoms. The smallest absolute Gasteiger partial charge is 0.273 e. The van der Waals surface area contributed by atoms with Gasteiger partial charge in [0, 0.05) is 11.5 Å². The predicted octanol–water partition coefficient (Wildman–Crippen LogP) is 2.24. The third-order valence-corrected chi connectivity index (χ3v) is 4.46. The van der Waals surface area contributed by atoms with E-state index in [2.05, 4.69) is 15.6 Å². The molecule has 7 heteroatoms. The van der Waals surface area contributed by atoms with Gasteiger partial charge in [-0.2, -0.15) is 0 Å². The van der Waals surface area contributed by atoms with Crippen LogP contribution in [0.15, 0.2) is 54.0 Å². The van der Waals surface area contributed by atoms with Crippen LogP contribution < -0.4 is 5.32 Å². The lowest BCUT2D eigenvalue weighted by Crippen LogP contribution is -2.29. The van der Waals surface area contributed by atoms with Crippen molar-refractivity contribution in [1.29, 1.82) is 0 Å². The first kappa shape index (κ1) is 16.4. The van der Waals surface area contributed by atoms with Crippen LogP contribution in [-0.2, 0) is 6.54 Å². The van der Waals surface area contributed by atoms with Crippen LogP contribution in [0.1, 0.15) is 33.4 Å². The van der Waals surface area contributed by atoms with Gasteiger partial charge in [-0.05, 0) is 23.4 Å². The fourth-order valence-corrected chi connectivity index (χ4v) is 3.11. The zero-order valence-electron chi connectivity index (χ0n) is 13.0. The summed E-state index contributed by atoms with van der Waals surface area (Å²) in [6.45, 7) is 0.585. The molecule has 0 saturated heterocycles. The van der Waals surface area contributed by atoms with E-state index in [1.807, 2.05) is 47.8 Å². The zero-order chi connectivity index (χ0) is 16.8. The van der Waals surface area contributed by atoms with Gasteiger partial charge in [0.15, 0.2) is 5.69 Å². The number of rotatable bonds is 7. The van der Waals surface area contributed by atoms with Crippen molar-refractivity contribution >= 4 is 17.2 Å². The molecule has 2 heterocycles. The second kappa shape index (κ2) is 7.85. The highest BCUT2D eigenvalue weighted by Gasteiger charge is 2.17. The molecule has 3 rings (SSSR count). The number of aliphatic hydroxyl groups is 1. The number of benzene rings is 1. The summed E-state index contributed by atoms with van der Waals surface area (Å²) in [6, 6.07) is 13.3. The van der Waals surface area contributed by atoms with E-state index in [9.17, 15) is 9.90 Å². The fourth-order valence-electron chi connectivity index (χ4n) is 2.41. The van der Waals surface area contributed by atoms with Gasteiger partial charge in [0.2, 0.25) is 0 Å². The van der Waals surface area contributed by atoms with Crippen molar-refractivity contribution in [2.75, 3.05) is 6.61 Å². The second-order valence-electron chi connectivity index (χ2n) is 5.33. The molecule has 0 spiro atoms. The van der Waals surface area contributed by atoms with Gasteiger partial charge in [-0.3, -0.25) is 4.79 Å². The summed E-state index contributed by atoms with van der Waals surface area (Å²) in [7, 11) is 0. The molecular weight excluding hydrogens is 324 g/mol. The van der Waals surface area contributed by atoms with Gasteiger partial charge < -0.3 is 10.4 Å². The number of hydrogen-bond donors (Lipinski definition) is 2. The quantitative estimate of drug-likeness (QED) is 0.690. The molecule has 1 amide bonds. The highest BCUT2D eigenvalue weighted by atomic mass is 32.1. The average molecular weight is 342 g/mol. The van der Waals surface area contributed by atoms with Crippen LogP contribution in [-0.4, -0.2) is 32.6 Å². The average Bonchev–Trinajstić information content (AvgIpc) is 3.28. The summed E-state index contributed by atoms with van der Waals surface area (Å²) in [4.78, 5) is 13.6. The first-order valence-electron chi connectivity index (χ1n) is 7.65. The van der Waals surface area contributed by atoms with Crippen LogP contribution in [0.2, 0.25) is 0 Å². The molecule has 1 aromatic carbocycles. The Balaban J connectivity index is 1.68. The van der Waals surface area contributed by atoms with Crippen LogP contribution in [0.25, 0.3) is 0 Å². The lowest BCUT2D eigenvalue weighted by atomic mass is 10.0. The molecule has 0 radical (unpaired) electrons. The largest absolute Gasteiger partial charge is 0.396 e. The standard InChI is InChI=1S/C17H18N4O2S/c22-9-8-15(13-5-2-1-3-6-13)18-17(23)16-12-21(20-19-16)11-14-7-4-10-24-14/h1-7,10,12,15,22H,8-9,11H2,(H,18,23). The molecule has 124 valence electrons. The van der Waals surface area contributed by atoms with E-state index in [0.717, 1.165) is 10.4 Å². The van der Waals surface area contributed by atoms with E-state index in [-0.39, 0.29) is 24.2 Å². The summed E-state index contributed by atoms with van der Waals surface area (Å²) >= 11 is 1.63. The highest BCUT2D eigenvalue weighted by Crippen LogP contribution is 2.16. The summed E-state index contributed by atoms with van der Waals surface area (Å²) in [5.41, 5.74) is 1.22. The Hall–Kier alpha value is -2.51. The molecule has 6 nitrogen and oxygen atoms in total. The summed E-state index contributed by atoms with van der Waals surface area (Å²) in [5.74, 6) is -0.297. The minimum atomic E-state index is -0.297. The van der Waals surface area contributed by atoms with Crippen molar-refractivity contribution in [3.63, 3.8) is 0 Å². The number of aliphatic hydroxyl groups excluding tert-OH is 1. The Labute approximate surface area is 143 Å². The second-order valence-corrected chi connectivity index (χ2v) is 6.36. The van der Waals surface area contributed by atoms with E-state index < -0.39 is 0 Å². The Kier molecular flexibility index (Phi) is 5.35. The molecule has 2 aromatic heterocycles. The van der Waals surface area contributed by atoms with E-state index in [4.69, 9.17) is 0 Å². The van der Waals surface area contributed by atoms with Crippen molar-refractivity contribution in [3.05, 3.63) is 70.2 Å². The number of carbonyl (C=O) groups is 1. The Morgan fingerprint density at radius 3 is 2.79 bits per heavy atom. The third-order valence-electron chi connectivity index (χ3n) is 3.59. The van der Waals surface area contributed by atoms with Gasteiger partial charge in [-0.15, -0.1) is 16.4 Å². The first-order chi connectivity index (χ1) is 11.8. The zero-order valence-corrected chi connectivity index (χ0v) is 13.8. The molecule has 1 unspecified atom stereocenters. The van der Waals surface area contributed by atoms with Crippen molar-refractivity contribution in [1.82, 2.24) is 20.3 Å². The normalized spacial score (nSPS) is 12.0. The van der Waals surface area contributed by atoms with Gasteiger partial charge in [-0.1, -0.05) is 41.6 Å². The maximum Gasteiger partial charge on any atom is 0.273 e. The van der Waals surface area contributed by atoms with Gasteiger partial charge in [0.25, 0.3) is 5.91 Å². The number of aromatic nitrogens is 3. The first-order valence-corrected chi connectivity index (χ1v) is 8.53. The monoisotopic (exact) mass is 342 g/mol. The molecular formula is C17H18N4O2S. The maximum absolute atomic E-state index is 12.4. The van der Waals surface area contributed by atoms with Crippen molar-refractivity contribution in [2.24, 2.45) is 0 Å². The van der Waals surface area contributed by atoms with Crippen LogP contribution >= 0.6 is 11.3 Å². The van der Waals surface area contributed by atoms with E-state index in [1.165, 1.54) is 0 Å². The third kappa shape index (κ3) is 4.06. The Morgan fingerprint density at radius 2 is 2.08 bits per heavy atom. The Morgan fingerprint density at radius 1 is 1.25 bits per heavy atom. The summed E-state index contributed by atoms with van der Waals surface area (Å²) in [6.07, 6.45) is 2.08. The number of hydrogen-bond acceptors (Lipinski definition) is 5. The number of carbonyl (C=O) groups excluding carboxylic acids is 1. The van der Waals surface area contributed by atoms with Crippen LogP contribution in [0, 0.1) is 0 Å². The molecule has 0 aliphatic rings. The van der Waals surface area contributed by atoms with Crippen LogP contribution in [0.5, 0.6) is 0 Å². The molecule has 1 atom stereocenters. The van der Waals surface area contributed by atoms with Gasteiger partial charge in [0.1, 0.15) is 0 Å². The number of nitrogens with one attached hydrogen (secondary N) is 1. The van der Waals surface area contributed by atoms with Crippen molar-refractivity contribution in [2.45, 2.75) is 19.0 Å². The fraction of sp³-hybridized carbons (Fsp3) is 0.235. The lowest BCUT2D eigenvalue weighted by Gasteiger charge is -2.17. The topological polar surface area (TPSA) is 80.0 Å². The predicted molar refractivity (Wildman–Crippen MR) is 91.8 cm³/mol. The van der Waals surface area contributed by atoms with Crippen LogP contribution in [0.4, 0.5) is 0 Å². The summed E-state index contributed by atoms with van der Waals surface area (Å²) in [5, 5.41) is 22.1. The van der Waals surface area contributed by atoms with Gasteiger partial charge in [0.05, 0.1) is 18.8 Å². The number of nitrogens with zero attached hydrogens (tertiary/aromatic N) is 3. The molecule has 0 aliphatic carbocycles. The number of thiophene rings is 1. The minimum Gasteiger partial charge on any atom is -0.396 e. The Bertz CT molecular complexity index is 771. The molecule has 2 N–H and O–H groups in total. The molecule has 0 saturated carbocycles. The lowest BCUT2D eigenvalue weighted by molar-refractivity contribution is 0.0925. The number of amides is 1. The van der Waals surface area contributed by atoms with Crippen LogP contribution in [0.3, 0.4) is 0 Å². The summed E-state index contributed by atoms with van der Waals surface area (Å²) < 4.78 is 1.64. The van der Waals surface area contributed by atoms with Gasteiger partial charge >= 0.3 is 0 Å². The van der Waals surface area contributed by atoms with Crippen molar-refractivity contribution < 1.29 is 9.90 Å². The molecule has 0 fully saturated rings. The molecule has 0 aliphatic heterocycles. The van der Waals surface area contributed by atoms with E-state index in [0.29, 0.717) is 13.0 Å². The maximum atomic E-state index is 12.4. The van der Waals surface area contributed by atoms with E-state index >= 15 is 0 Å². The van der Waals surface area contributed by atoms with Crippen molar-refractivity contribution in [3.8, 4) is 0 Å². The molecule has 3 aromatic rings. The SMILES string of the molecule is O=C(NC(CCO)c1ccccc1)c1cn(Cc2cccs2)nn1. The highest BCUT2D eigenvalue weighted by molar-refractivity contribution is 7.09. The van der Waals surface area contributed by atoms with E-state index in [1.54, 1.807) is 22.2 Å². The molecule has 24 heavy (non-hydrogen) atoms. The van der Waals surface area contributed by atoms with Gasteiger partial charge in [-0.25, -0.2) is 4.68 Å². The minimum absolute atomic E-state index is 0.00902.